The van der Waals surface area contributed by atoms with Gasteiger partial charge in [-0.1, -0.05) is 18.2 Å². The summed E-state index contributed by atoms with van der Waals surface area (Å²) in [7, 11) is 3.31. The fourth-order valence-corrected chi connectivity index (χ4v) is 5.36. The minimum absolute atomic E-state index is 0.520. The van der Waals surface area contributed by atoms with Crippen LogP contribution in [0.3, 0.4) is 0 Å². The molecule has 3 radical (unpaired) electrons. The van der Waals surface area contributed by atoms with E-state index in [1.54, 1.807) is 34.0 Å². The predicted octanol–water partition coefficient (Wildman–Crippen LogP) is 4.26. The van der Waals surface area contributed by atoms with Gasteiger partial charge in [0.25, 0.3) is 0 Å². The lowest BCUT2D eigenvalue weighted by Crippen LogP contribution is -2.28. The SMILES string of the molecule is [Si]OC(c1cccs1)(c1cccs1)c1cccs1. The first-order chi connectivity index (χ1) is 8.88. The van der Waals surface area contributed by atoms with E-state index in [-0.39, 0.29) is 0 Å². The van der Waals surface area contributed by atoms with E-state index in [2.05, 4.69) is 63.0 Å². The van der Waals surface area contributed by atoms with Crippen molar-refractivity contribution in [3.05, 3.63) is 67.2 Å². The van der Waals surface area contributed by atoms with Gasteiger partial charge in [0.1, 0.15) is 0 Å². The summed E-state index contributed by atoms with van der Waals surface area (Å²) in [6.45, 7) is 0. The quantitative estimate of drug-likeness (QED) is 0.654. The van der Waals surface area contributed by atoms with Gasteiger partial charge in [-0.05, 0) is 34.3 Å². The third-order valence-corrected chi connectivity index (χ3v) is 5.98. The van der Waals surface area contributed by atoms with Crippen molar-refractivity contribution < 1.29 is 4.43 Å². The van der Waals surface area contributed by atoms with Crippen LogP contribution in [0.2, 0.25) is 0 Å². The van der Waals surface area contributed by atoms with Crippen LogP contribution in [0.25, 0.3) is 0 Å². The largest absolute Gasteiger partial charge is 0.400 e. The fourth-order valence-electron chi connectivity index (χ4n) is 1.95. The second-order valence-electron chi connectivity index (χ2n) is 3.72. The predicted molar refractivity (Wildman–Crippen MR) is 79.7 cm³/mol. The van der Waals surface area contributed by atoms with Gasteiger partial charge in [-0.25, -0.2) is 0 Å². The normalized spacial score (nSPS) is 11.8. The lowest BCUT2D eigenvalue weighted by atomic mass is 9.98. The topological polar surface area (TPSA) is 9.23 Å². The molecule has 3 heterocycles. The molecule has 0 amide bonds. The molecule has 0 atom stereocenters. The summed E-state index contributed by atoms with van der Waals surface area (Å²) in [5.41, 5.74) is -0.520. The van der Waals surface area contributed by atoms with Gasteiger partial charge in [-0.3, -0.25) is 0 Å². The summed E-state index contributed by atoms with van der Waals surface area (Å²) in [6.07, 6.45) is 0. The minimum atomic E-state index is -0.520. The van der Waals surface area contributed by atoms with Crippen molar-refractivity contribution in [1.29, 1.82) is 0 Å². The number of rotatable bonds is 4. The minimum Gasteiger partial charge on any atom is -0.400 e. The monoisotopic (exact) mass is 305 g/mol. The van der Waals surface area contributed by atoms with Gasteiger partial charge < -0.3 is 4.43 Å². The maximum atomic E-state index is 5.81. The summed E-state index contributed by atoms with van der Waals surface area (Å²) < 4.78 is 5.81. The molecule has 0 saturated carbocycles. The van der Waals surface area contributed by atoms with Crippen LogP contribution in [0.15, 0.2) is 52.5 Å². The average Bonchev–Trinajstić information content (AvgIpc) is 3.16. The first-order valence-corrected chi connectivity index (χ1v) is 8.39. The van der Waals surface area contributed by atoms with Crippen LogP contribution in [0.1, 0.15) is 14.6 Å². The van der Waals surface area contributed by atoms with E-state index in [9.17, 15) is 0 Å². The van der Waals surface area contributed by atoms with Crippen molar-refractivity contribution in [2.24, 2.45) is 0 Å². The summed E-state index contributed by atoms with van der Waals surface area (Å²) in [4.78, 5) is 3.55. The highest BCUT2D eigenvalue weighted by Crippen LogP contribution is 2.45. The van der Waals surface area contributed by atoms with Gasteiger partial charge in [0.05, 0.1) is 0 Å². The Hall–Kier alpha value is -0.723. The summed E-state index contributed by atoms with van der Waals surface area (Å²) in [6, 6.07) is 12.5. The van der Waals surface area contributed by atoms with Crippen LogP contribution in [0.5, 0.6) is 0 Å². The maximum Gasteiger partial charge on any atom is 0.248 e. The smallest absolute Gasteiger partial charge is 0.248 e. The first kappa shape index (κ1) is 12.3. The van der Waals surface area contributed by atoms with Crippen molar-refractivity contribution in [2.75, 3.05) is 0 Å². The lowest BCUT2D eigenvalue weighted by molar-refractivity contribution is 0.186. The lowest BCUT2D eigenvalue weighted by Gasteiger charge is -2.30. The highest BCUT2D eigenvalue weighted by Gasteiger charge is 2.39. The molecule has 3 aromatic heterocycles. The molecule has 18 heavy (non-hydrogen) atoms. The Balaban J connectivity index is 2.25. The van der Waals surface area contributed by atoms with Crippen LogP contribution in [-0.4, -0.2) is 10.5 Å². The third kappa shape index (κ3) is 1.83. The van der Waals surface area contributed by atoms with Gasteiger partial charge in [0, 0.05) is 14.6 Å². The molecule has 3 aromatic rings. The Bertz CT molecular complexity index is 500. The Morgan fingerprint density at radius 2 is 1.17 bits per heavy atom. The number of thiophene rings is 3. The molecular weight excluding hydrogens is 296 g/mol. The highest BCUT2D eigenvalue weighted by atomic mass is 32.1. The number of hydrogen-bond donors (Lipinski definition) is 0. The van der Waals surface area contributed by atoms with Crippen molar-refractivity contribution in [1.82, 2.24) is 0 Å². The van der Waals surface area contributed by atoms with E-state index < -0.39 is 5.60 Å². The van der Waals surface area contributed by atoms with Crippen molar-refractivity contribution >= 4 is 44.5 Å². The zero-order chi connectivity index (χ0) is 12.4. The summed E-state index contributed by atoms with van der Waals surface area (Å²) in [5.74, 6) is 0. The van der Waals surface area contributed by atoms with Crippen molar-refractivity contribution in [2.45, 2.75) is 5.60 Å². The molecule has 0 aromatic carbocycles. The molecule has 0 unspecified atom stereocenters. The molecule has 0 aliphatic rings. The molecule has 89 valence electrons. The van der Waals surface area contributed by atoms with E-state index in [0.29, 0.717) is 0 Å². The Kier molecular flexibility index (Phi) is 3.49. The third-order valence-electron chi connectivity index (χ3n) is 2.76. The Labute approximate surface area is 121 Å². The van der Waals surface area contributed by atoms with Crippen molar-refractivity contribution in [3.63, 3.8) is 0 Å². The molecular formula is C13H9OS3Si. The van der Waals surface area contributed by atoms with E-state index in [4.69, 9.17) is 4.43 Å². The van der Waals surface area contributed by atoms with Crippen LogP contribution >= 0.6 is 34.0 Å². The zero-order valence-electron chi connectivity index (χ0n) is 9.33. The molecule has 0 bridgehead atoms. The van der Waals surface area contributed by atoms with E-state index in [1.165, 1.54) is 14.6 Å². The molecule has 0 spiro atoms. The molecule has 0 aliphatic heterocycles. The molecule has 1 nitrogen and oxygen atoms in total. The van der Waals surface area contributed by atoms with Crippen molar-refractivity contribution in [3.8, 4) is 0 Å². The second-order valence-corrected chi connectivity index (χ2v) is 6.76. The van der Waals surface area contributed by atoms with E-state index in [1.807, 2.05) is 0 Å². The van der Waals surface area contributed by atoms with Gasteiger partial charge in [-0.15, -0.1) is 34.0 Å². The van der Waals surface area contributed by atoms with Crippen LogP contribution < -0.4 is 0 Å². The van der Waals surface area contributed by atoms with Crippen LogP contribution in [-0.2, 0) is 10.0 Å². The molecule has 0 fully saturated rings. The molecule has 5 heteroatoms. The van der Waals surface area contributed by atoms with Gasteiger partial charge in [0.15, 0.2) is 5.60 Å². The van der Waals surface area contributed by atoms with E-state index >= 15 is 0 Å². The average molecular weight is 306 g/mol. The first-order valence-electron chi connectivity index (χ1n) is 5.34. The van der Waals surface area contributed by atoms with Crippen LogP contribution in [0, 0.1) is 0 Å². The van der Waals surface area contributed by atoms with Gasteiger partial charge in [-0.2, -0.15) is 0 Å². The summed E-state index contributed by atoms with van der Waals surface area (Å²) in [5, 5.41) is 6.24. The second kappa shape index (κ2) is 5.11. The molecule has 0 saturated heterocycles. The molecule has 0 N–H and O–H groups in total. The van der Waals surface area contributed by atoms with Gasteiger partial charge >= 0.3 is 0 Å². The van der Waals surface area contributed by atoms with Crippen LogP contribution in [0.4, 0.5) is 0 Å². The van der Waals surface area contributed by atoms with E-state index in [0.717, 1.165) is 0 Å². The standard InChI is InChI=1S/C13H9OS3Si/c18-14-13(10-4-1-7-15-10,11-5-2-8-16-11)12-6-3-9-17-12/h1-9H. The zero-order valence-corrected chi connectivity index (χ0v) is 12.8. The molecule has 0 aliphatic carbocycles. The molecule has 3 rings (SSSR count). The Morgan fingerprint density at radius 1 is 0.778 bits per heavy atom. The number of hydrogen-bond acceptors (Lipinski definition) is 4. The maximum absolute atomic E-state index is 5.81. The fraction of sp³-hybridized carbons (Fsp3) is 0.0769. The summed E-state index contributed by atoms with van der Waals surface area (Å²) >= 11 is 5.12. The van der Waals surface area contributed by atoms with Gasteiger partial charge in [0.2, 0.25) is 10.5 Å². The highest BCUT2D eigenvalue weighted by molar-refractivity contribution is 7.13. The Morgan fingerprint density at radius 3 is 1.39 bits per heavy atom.